The van der Waals surface area contributed by atoms with Crippen LogP contribution in [0.4, 0.5) is 0 Å². The molecule has 1 atom stereocenters. The normalized spacial score (nSPS) is 17.0. The minimum Gasteiger partial charge on any atom is -0.379 e. The highest BCUT2D eigenvalue weighted by molar-refractivity contribution is 7.07. The molecule has 1 N–H and O–H groups in total. The van der Waals surface area contributed by atoms with Gasteiger partial charge in [-0.05, 0) is 34.5 Å². The van der Waals surface area contributed by atoms with Gasteiger partial charge in [0.2, 0.25) is 5.91 Å². The third-order valence-electron chi connectivity index (χ3n) is 4.15. The fourth-order valence-corrected chi connectivity index (χ4v) is 3.55. The highest BCUT2D eigenvalue weighted by Gasteiger charge is 2.18. The molecule has 1 saturated heterocycles. The lowest BCUT2D eigenvalue weighted by Gasteiger charge is -2.26. The Morgan fingerprint density at radius 2 is 2.09 bits per heavy atom. The fraction of sp³-hybridized carbons (Fsp3) is 0.471. The predicted octanol–water partition coefficient (Wildman–Crippen LogP) is 1.98. The summed E-state index contributed by atoms with van der Waals surface area (Å²) in [5.74, 6) is 0.100. The SMILES string of the molecule is O=C(CC(c1ccsc1)n1cccc1)NCCN1CCOCC1. The molecule has 1 unspecified atom stereocenters. The van der Waals surface area contributed by atoms with Gasteiger partial charge in [0.15, 0.2) is 0 Å². The van der Waals surface area contributed by atoms with E-state index in [4.69, 9.17) is 4.74 Å². The number of thiophene rings is 1. The van der Waals surface area contributed by atoms with Gasteiger partial charge in [0.1, 0.15) is 0 Å². The van der Waals surface area contributed by atoms with Crippen molar-refractivity contribution in [3.63, 3.8) is 0 Å². The molecule has 5 nitrogen and oxygen atoms in total. The van der Waals surface area contributed by atoms with Crippen LogP contribution in [0.5, 0.6) is 0 Å². The maximum Gasteiger partial charge on any atom is 0.222 e. The highest BCUT2D eigenvalue weighted by Crippen LogP contribution is 2.24. The number of carbonyl (C=O) groups is 1. The molecule has 0 aliphatic carbocycles. The van der Waals surface area contributed by atoms with Gasteiger partial charge < -0.3 is 14.6 Å². The number of rotatable bonds is 7. The Morgan fingerprint density at radius 1 is 1.30 bits per heavy atom. The molecule has 0 aromatic carbocycles. The van der Waals surface area contributed by atoms with Crippen LogP contribution in [0.3, 0.4) is 0 Å². The van der Waals surface area contributed by atoms with Crippen LogP contribution in [0, 0.1) is 0 Å². The number of hydrogen-bond donors (Lipinski definition) is 1. The van der Waals surface area contributed by atoms with E-state index in [2.05, 4.69) is 31.6 Å². The second kappa shape index (κ2) is 8.29. The lowest BCUT2D eigenvalue weighted by molar-refractivity contribution is -0.121. The topological polar surface area (TPSA) is 46.5 Å². The largest absolute Gasteiger partial charge is 0.379 e. The smallest absolute Gasteiger partial charge is 0.222 e. The van der Waals surface area contributed by atoms with Crippen molar-refractivity contribution in [2.45, 2.75) is 12.5 Å². The lowest BCUT2D eigenvalue weighted by Crippen LogP contribution is -2.41. The van der Waals surface area contributed by atoms with E-state index in [1.54, 1.807) is 11.3 Å². The van der Waals surface area contributed by atoms with Gasteiger partial charge in [-0.2, -0.15) is 11.3 Å². The third-order valence-corrected chi connectivity index (χ3v) is 4.85. The average Bonchev–Trinajstić information content (AvgIpc) is 3.27. The molecule has 1 amide bonds. The first-order valence-electron chi connectivity index (χ1n) is 8.04. The van der Waals surface area contributed by atoms with Crippen LogP contribution in [-0.2, 0) is 9.53 Å². The summed E-state index contributed by atoms with van der Waals surface area (Å²) in [4.78, 5) is 14.6. The van der Waals surface area contributed by atoms with Crippen LogP contribution in [0.2, 0.25) is 0 Å². The van der Waals surface area contributed by atoms with Gasteiger partial charge in [0.25, 0.3) is 0 Å². The Balaban J connectivity index is 1.50. The molecule has 6 heteroatoms. The molecule has 2 aromatic heterocycles. The van der Waals surface area contributed by atoms with Crippen molar-refractivity contribution in [1.82, 2.24) is 14.8 Å². The van der Waals surface area contributed by atoms with Crippen LogP contribution in [0.1, 0.15) is 18.0 Å². The Morgan fingerprint density at radius 3 is 2.78 bits per heavy atom. The molecular weight excluding hydrogens is 310 g/mol. The van der Waals surface area contributed by atoms with E-state index < -0.39 is 0 Å². The van der Waals surface area contributed by atoms with Gasteiger partial charge in [0.05, 0.1) is 25.7 Å². The number of morpholine rings is 1. The minimum absolute atomic E-state index is 0.0691. The molecule has 2 aromatic rings. The summed E-state index contributed by atoms with van der Waals surface area (Å²) in [6.45, 7) is 5.08. The molecule has 3 rings (SSSR count). The monoisotopic (exact) mass is 333 g/mol. The number of carbonyl (C=O) groups excluding carboxylic acids is 1. The van der Waals surface area contributed by atoms with Gasteiger partial charge in [-0.3, -0.25) is 9.69 Å². The molecule has 0 bridgehead atoms. The molecule has 1 aliphatic heterocycles. The van der Waals surface area contributed by atoms with E-state index in [1.165, 1.54) is 5.56 Å². The quantitative estimate of drug-likeness (QED) is 0.843. The highest BCUT2D eigenvalue weighted by atomic mass is 32.1. The van der Waals surface area contributed by atoms with Crippen molar-refractivity contribution < 1.29 is 9.53 Å². The molecule has 3 heterocycles. The van der Waals surface area contributed by atoms with Crippen LogP contribution in [-0.4, -0.2) is 54.8 Å². The average molecular weight is 333 g/mol. The van der Waals surface area contributed by atoms with E-state index in [0.717, 1.165) is 32.8 Å². The van der Waals surface area contributed by atoms with Crippen molar-refractivity contribution in [2.24, 2.45) is 0 Å². The molecular formula is C17H23N3O2S. The summed E-state index contributed by atoms with van der Waals surface area (Å²) in [7, 11) is 0. The minimum atomic E-state index is 0.0691. The van der Waals surface area contributed by atoms with Crippen molar-refractivity contribution in [2.75, 3.05) is 39.4 Å². The summed E-state index contributed by atoms with van der Waals surface area (Å²) in [6, 6.07) is 6.15. The van der Waals surface area contributed by atoms with Gasteiger partial charge in [-0.25, -0.2) is 0 Å². The van der Waals surface area contributed by atoms with Crippen LogP contribution in [0.15, 0.2) is 41.4 Å². The first-order valence-corrected chi connectivity index (χ1v) is 8.98. The van der Waals surface area contributed by atoms with E-state index in [-0.39, 0.29) is 11.9 Å². The summed E-state index contributed by atoms with van der Waals surface area (Å²) < 4.78 is 7.43. The maximum atomic E-state index is 12.3. The van der Waals surface area contributed by atoms with Gasteiger partial charge in [-0.15, -0.1) is 0 Å². The second-order valence-electron chi connectivity index (χ2n) is 5.71. The van der Waals surface area contributed by atoms with Crippen molar-refractivity contribution >= 4 is 17.2 Å². The summed E-state index contributed by atoms with van der Waals surface area (Å²) in [5, 5.41) is 7.23. The van der Waals surface area contributed by atoms with Gasteiger partial charge in [0, 0.05) is 38.6 Å². The van der Waals surface area contributed by atoms with Gasteiger partial charge >= 0.3 is 0 Å². The maximum absolute atomic E-state index is 12.3. The third kappa shape index (κ3) is 4.67. The molecule has 124 valence electrons. The van der Waals surface area contributed by atoms with E-state index in [1.807, 2.05) is 24.5 Å². The molecule has 0 spiro atoms. The Kier molecular flexibility index (Phi) is 5.85. The first-order chi connectivity index (χ1) is 11.3. The van der Waals surface area contributed by atoms with Crippen molar-refractivity contribution in [3.05, 3.63) is 46.9 Å². The summed E-state index contributed by atoms with van der Waals surface area (Å²) in [5.41, 5.74) is 1.19. The Labute approximate surface area is 140 Å². The van der Waals surface area contributed by atoms with Gasteiger partial charge in [-0.1, -0.05) is 0 Å². The number of nitrogens with zero attached hydrogens (tertiary/aromatic N) is 2. The number of aromatic nitrogens is 1. The summed E-state index contributed by atoms with van der Waals surface area (Å²) in [6.07, 6.45) is 4.50. The van der Waals surface area contributed by atoms with Crippen molar-refractivity contribution in [3.8, 4) is 0 Å². The Bertz CT molecular complexity index is 543. The fourth-order valence-electron chi connectivity index (χ4n) is 2.84. The number of hydrogen-bond acceptors (Lipinski definition) is 4. The zero-order valence-corrected chi connectivity index (χ0v) is 14.0. The summed E-state index contributed by atoms with van der Waals surface area (Å²) >= 11 is 1.67. The van der Waals surface area contributed by atoms with E-state index in [0.29, 0.717) is 13.0 Å². The molecule has 0 radical (unpaired) electrons. The van der Waals surface area contributed by atoms with Crippen LogP contribution in [0.25, 0.3) is 0 Å². The van der Waals surface area contributed by atoms with Crippen LogP contribution >= 0.6 is 11.3 Å². The predicted molar refractivity (Wildman–Crippen MR) is 91.8 cm³/mol. The van der Waals surface area contributed by atoms with E-state index >= 15 is 0 Å². The number of nitrogens with one attached hydrogen (secondary N) is 1. The second-order valence-corrected chi connectivity index (χ2v) is 6.49. The zero-order chi connectivity index (χ0) is 15.9. The van der Waals surface area contributed by atoms with E-state index in [9.17, 15) is 4.79 Å². The first kappa shape index (κ1) is 16.2. The zero-order valence-electron chi connectivity index (χ0n) is 13.2. The standard InChI is InChI=1S/C17H23N3O2S/c21-17(18-4-7-19-8-10-22-11-9-19)13-16(15-3-12-23-14-15)20-5-1-2-6-20/h1-3,5-6,12,14,16H,4,7-11,13H2,(H,18,21). The lowest BCUT2D eigenvalue weighted by atomic mass is 10.1. The molecule has 1 aliphatic rings. The molecule has 1 fully saturated rings. The molecule has 0 saturated carbocycles. The molecule has 23 heavy (non-hydrogen) atoms. The number of ether oxygens (including phenoxy) is 1. The van der Waals surface area contributed by atoms with Crippen LogP contribution < -0.4 is 5.32 Å². The van der Waals surface area contributed by atoms with Crippen molar-refractivity contribution in [1.29, 1.82) is 0 Å². The number of amides is 1. The Hall–Kier alpha value is -1.63.